The Kier molecular flexibility index (Phi) is 3.23. The second-order valence-corrected chi connectivity index (χ2v) is 3.03. The fourth-order valence-electron chi connectivity index (χ4n) is 1.42. The van der Waals surface area contributed by atoms with Gasteiger partial charge in [0, 0.05) is 5.69 Å². The summed E-state index contributed by atoms with van der Waals surface area (Å²) in [4.78, 5) is 8.56. The summed E-state index contributed by atoms with van der Waals surface area (Å²) in [5.41, 5.74) is 3.26. The minimum Gasteiger partial charge on any atom is -0.287 e. The largest absolute Gasteiger partial charge is 0.287 e. The maximum Gasteiger partial charge on any atom is 0.111 e. The molecule has 0 aliphatic carbocycles. The van der Waals surface area contributed by atoms with Crippen LogP contribution in [0.2, 0.25) is 0 Å². The molecule has 76 valence electrons. The van der Waals surface area contributed by atoms with Gasteiger partial charge in [0.15, 0.2) is 0 Å². The first-order chi connectivity index (χ1) is 6.68. The van der Waals surface area contributed by atoms with Crippen LogP contribution in [-0.4, -0.2) is 14.4 Å². The summed E-state index contributed by atoms with van der Waals surface area (Å²) in [7, 11) is 0. The van der Waals surface area contributed by atoms with Gasteiger partial charge in [0.25, 0.3) is 0 Å². The third kappa shape index (κ3) is 1.76. The third-order valence-corrected chi connectivity index (χ3v) is 2.03. The second-order valence-electron chi connectivity index (χ2n) is 3.03. The highest BCUT2D eigenvalue weighted by Crippen LogP contribution is 2.10. The molecule has 0 fully saturated rings. The van der Waals surface area contributed by atoms with Gasteiger partial charge >= 0.3 is 0 Å². The molecule has 2 aromatic heterocycles. The minimum atomic E-state index is 0.991. The van der Waals surface area contributed by atoms with Crippen LogP contribution >= 0.6 is 0 Å². The third-order valence-electron chi connectivity index (χ3n) is 2.03. The van der Waals surface area contributed by atoms with Gasteiger partial charge in [-0.3, -0.25) is 4.40 Å². The number of imidazole rings is 1. The van der Waals surface area contributed by atoms with Crippen LogP contribution in [-0.2, 0) is 0 Å². The second kappa shape index (κ2) is 4.22. The highest BCUT2D eigenvalue weighted by molar-refractivity contribution is 5.52. The number of hydrogen-bond acceptors (Lipinski definition) is 2. The number of hydrogen-bond donors (Lipinski definition) is 0. The molecule has 2 aromatic rings. The Morgan fingerprint density at radius 3 is 2.43 bits per heavy atom. The van der Waals surface area contributed by atoms with E-state index in [0.29, 0.717) is 0 Å². The monoisotopic (exact) mass is 191 g/mol. The topological polar surface area (TPSA) is 30.2 Å². The van der Waals surface area contributed by atoms with Crippen molar-refractivity contribution < 1.29 is 0 Å². The van der Waals surface area contributed by atoms with E-state index in [0.717, 1.165) is 22.7 Å². The number of aryl methyl sites for hydroxylation is 3. The molecule has 0 saturated heterocycles. The zero-order chi connectivity index (χ0) is 10.7. The maximum atomic E-state index is 4.34. The first-order valence-corrected chi connectivity index (χ1v) is 4.96. The van der Waals surface area contributed by atoms with Gasteiger partial charge in [0.1, 0.15) is 12.2 Å². The highest BCUT2D eigenvalue weighted by atomic mass is 15.0. The summed E-state index contributed by atoms with van der Waals surface area (Å²) in [5.74, 6) is 0.991. The van der Waals surface area contributed by atoms with E-state index in [-0.39, 0.29) is 0 Å². The summed E-state index contributed by atoms with van der Waals surface area (Å²) in [6, 6.07) is 2.05. The summed E-state index contributed by atoms with van der Waals surface area (Å²) in [6.07, 6.45) is 1.81. The lowest BCUT2D eigenvalue weighted by atomic mass is 10.3. The number of aromatic nitrogens is 3. The first-order valence-electron chi connectivity index (χ1n) is 4.96. The zero-order valence-corrected chi connectivity index (χ0v) is 9.50. The van der Waals surface area contributed by atoms with E-state index in [1.165, 1.54) is 0 Å². The van der Waals surface area contributed by atoms with Gasteiger partial charge in [-0.15, -0.1) is 0 Å². The van der Waals surface area contributed by atoms with Crippen molar-refractivity contribution in [3.8, 4) is 0 Å². The SMILES string of the molecule is CC.Cc1cc2c(C)ncn2c(C)n1. The van der Waals surface area contributed by atoms with Crippen molar-refractivity contribution in [2.75, 3.05) is 0 Å². The average Bonchev–Trinajstić information content (AvgIpc) is 2.52. The maximum absolute atomic E-state index is 4.34. The van der Waals surface area contributed by atoms with Crippen LogP contribution in [0.15, 0.2) is 12.4 Å². The van der Waals surface area contributed by atoms with Gasteiger partial charge in [-0.25, -0.2) is 9.97 Å². The van der Waals surface area contributed by atoms with E-state index in [1.807, 2.05) is 45.3 Å². The molecule has 0 aliphatic heterocycles. The standard InChI is InChI=1S/C9H11N3.C2H6/c1-6-4-9-7(2)10-5-12(9)8(3)11-6;1-2/h4-5H,1-3H3;1-2H3. The predicted octanol–water partition coefficient (Wildman–Crippen LogP) is 2.68. The van der Waals surface area contributed by atoms with E-state index < -0.39 is 0 Å². The van der Waals surface area contributed by atoms with E-state index in [1.54, 1.807) is 0 Å². The molecule has 3 heteroatoms. The summed E-state index contributed by atoms with van der Waals surface area (Å²) >= 11 is 0. The Bertz CT molecular complexity index is 429. The molecule has 0 saturated carbocycles. The van der Waals surface area contributed by atoms with Gasteiger partial charge in [0.2, 0.25) is 0 Å². The van der Waals surface area contributed by atoms with Gasteiger partial charge in [0.05, 0.1) is 11.2 Å². The van der Waals surface area contributed by atoms with Crippen molar-refractivity contribution in [2.24, 2.45) is 0 Å². The Labute approximate surface area is 84.8 Å². The molecular weight excluding hydrogens is 174 g/mol. The number of fused-ring (bicyclic) bond motifs is 1. The minimum absolute atomic E-state index is 0.991. The van der Waals surface area contributed by atoms with Gasteiger partial charge in [-0.1, -0.05) is 13.8 Å². The van der Waals surface area contributed by atoms with Crippen molar-refractivity contribution in [3.63, 3.8) is 0 Å². The van der Waals surface area contributed by atoms with Crippen molar-refractivity contribution in [1.82, 2.24) is 14.4 Å². The lowest BCUT2D eigenvalue weighted by molar-refractivity contribution is 0.956. The van der Waals surface area contributed by atoms with Crippen LogP contribution in [0.25, 0.3) is 5.52 Å². The molecule has 2 heterocycles. The Balaban J connectivity index is 0.000000461. The normalized spacial score (nSPS) is 9.79. The fourth-order valence-corrected chi connectivity index (χ4v) is 1.42. The molecule has 0 aliphatic rings. The van der Waals surface area contributed by atoms with Crippen LogP contribution < -0.4 is 0 Å². The molecule has 0 amide bonds. The van der Waals surface area contributed by atoms with E-state index in [2.05, 4.69) is 16.0 Å². The molecule has 3 nitrogen and oxygen atoms in total. The molecule has 0 atom stereocenters. The van der Waals surface area contributed by atoms with Crippen LogP contribution in [0, 0.1) is 20.8 Å². The zero-order valence-electron chi connectivity index (χ0n) is 9.50. The quantitative estimate of drug-likeness (QED) is 0.641. The predicted molar refractivity (Wildman–Crippen MR) is 58.5 cm³/mol. The average molecular weight is 191 g/mol. The van der Waals surface area contributed by atoms with E-state index in [9.17, 15) is 0 Å². The van der Waals surface area contributed by atoms with E-state index >= 15 is 0 Å². The molecule has 0 radical (unpaired) electrons. The Hall–Kier alpha value is -1.38. The lowest BCUT2D eigenvalue weighted by Gasteiger charge is -2.00. The summed E-state index contributed by atoms with van der Waals surface area (Å²) in [6.45, 7) is 9.99. The Morgan fingerprint density at radius 1 is 1.14 bits per heavy atom. The van der Waals surface area contributed by atoms with Crippen LogP contribution in [0.4, 0.5) is 0 Å². The van der Waals surface area contributed by atoms with Crippen LogP contribution in [0.1, 0.15) is 31.1 Å². The number of nitrogens with zero attached hydrogens (tertiary/aromatic N) is 3. The van der Waals surface area contributed by atoms with E-state index in [4.69, 9.17) is 0 Å². The summed E-state index contributed by atoms with van der Waals surface area (Å²) in [5, 5.41) is 0. The van der Waals surface area contributed by atoms with Gasteiger partial charge in [-0.2, -0.15) is 0 Å². The molecule has 0 spiro atoms. The van der Waals surface area contributed by atoms with Crippen molar-refractivity contribution >= 4 is 5.52 Å². The molecule has 0 N–H and O–H groups in total. The summed E-state index contributed by atoms with van der Waals surface area (Å²) < 4.78 is 2.00. The fraction of sp³-hybridized carbons (Fsp3) is 0.455. The van der Waals surface area contributed by atoms with Gasteiger partial charge in [-0.05, 0) is 26.8 Å². The van der Waals surface area contributed by atoms with Gasteiger partial charge < -0.3 is 0 Å². The van der Waals surface area contributed by atoms with Crippen molar-refractivity contribution in [3.05, 3.63) is 29.6 Å². The Morgan fingerprint density at radius 2 is 1.79 bits per heavy atom. The molecule has 14 heavy (non-hydrogen) atoms. The lowest BCUT2D eigenvalue weighted by Crippen LogP contribution is -1.95. The van der Waals surface area contributed by atoms with Crippen LogP contribution in [0.3, 0.4) is 0 Å². The molecular formula is C11H17N3. The van der Waals surface area contributed by atoms with Crippen molar-refractivity contribution in [1.29, 1.82) is 0 Å². The van der Waals surface area contributed by atoms with Crippen LogP contribution in [0.5, 0.6) is 0 Å². The van der Waals surface area contributed by atoms with Crippen molar-refractivity contribution in [2.45, 2.75) is 34.6 Å². The first kappa shape index (κ1) is 10.7. The smallest absolute Gasteiger partial charge is 0.111 e. The molecule has 2 rings (SSSR count). The number of rotatable bonds is 0. The molecule has 0 aromatic carbocycles. The highest BCUT2D eigenvalue weighted by Gasteiger charge is 2.02. The molecule has 0 unspecified atom stereocenters. The molecule has 0 bridgehead atoms.